The molecule has 1 rings (SSSR count). The number of carbonyl (C=O) groups is 1. The van der Waals surface area contributed by atoms with Gasteiger partial charge in [0.15, 0.2) is 0 Å². The second kappa shape index (κ2) is 4.11. The first-order chi connectivity index (χ1) is 7.29. The number of hydrogen-bond acceptors (Lipinski definition) is 4. The number of sulfonamides is 1. The van der Waals surface area contributed by atoms with Crippen LogP contribution in [0.3, 0.4) is 0 Å². The van der Waals surface area contributed by atoms with E-state index in [9.17, 15) is 13.2 Å². The molecular formula is C9H12N2O4S. The van der Waals surface area contributed by atoms with Crippen LogP contribution in [0.5, 0.6) is 0 Å². The van der Waals surface area contributed by atoms with Crippen LogP contribution in [0.4, 0.5) is 5.69 Å². The van der Waals surface area contributed by atoms with Gasteiger partial charge in [-0.15, -0.1) is 0 Å². The van der Waals surface area contributed by atoms with Gasteiger partial charge < -0.3 is 10.8 Å². The molecule has 0 saturated heterocycles. The Morgan fingerprint density at radius 2 is 2.00 bits per heavy atom. The third-order valence-electron chi connectivity index (χ3n) is 2.17. The largest absolute Gasteiger partial charge is 0.478 e. The monoisotopic (exact) mass is 244 g/mol. The summed E-state index contributed by atoms with van der Waals surface area (Å²) in [5.41, 5.74) is 5.81. The maximum atomic E-state index is 11.5. The maximum Gasteiger partial charge on any atom is 0.337 e. The topological polar surface area (TPSA) is 109 Å². The van der Waals surface area contributed by atoms with E-state index < -0.39 is 16.0 Å². The summed E-state index contributed by atoms with van der Waals surface area (Å²) in [5, 5.41) is 8.86. The molecule has 0 aromatic heterocycles. The molecule has 0 heterocycles. The maximum absolute atomic E-state index is 11.5. The van der Waals surface area contributed by atoms with E-state index in [1.165, 1.54) is 13.1 Å². The number of carboxylic acid groups (broad SMARTS) is 1. The molecule has 16 heavy (non-hydrogen) atoms. The minimum Gasteiger partial charge on any atom is -0.478 e. The molecule has 0 unspecified atom stereocenters. The zero-order valence-electron chi connectivity index (χ0n) is 8.81. The molecule has 4 N–H and O–H groups in total. The van der Waals surface area contributed by atoms with E-state index in [1.807, 2.05) is 0 Å². The molecule has 0 radical (unpaired) electrons. The molecule has 0 amide bonds. The summed E-state index contributed by atoms with van der Waals surface area (Å²) >= 11 is 0. The highest BCUT2D eigenvalue weighted by Gasteiger charge is 2.18. The zero-order chi connectivity index (χ0) is 12.5. The van der Waals surface area contributed by atoms with E-state index in [1.54, 1.807) is 6.92 Å². The molecule has 0 fully saturated rings. The van der Waals surface area contributed by atoms with E-state index in [2.05, 4.69) is 4.72 Å². The molecule has 0 saturated carbocycles. The molecule has 1 aromatic carbocycles. The summed E-state index contributed by atoms with van der Waals surface area (Å²) in [6.07, 6.45) is 0. The molecule has 6 nitrogen and oxygen atoms in total. The van der Waals surface area contributed by atoms with Crippen molar-refractivity contribution in [3.63, 3.8) is 0 Å². The first kappa shape index (κ1) is 12.5. The van der Waals surface area contributed by atoms with Crippen LogP contribution in [-0.4, -0.2) is 26.5 Å². The molecule has 1 aromatic rings. The summed E-state index contributed by atoms with van der Waals surface area (Å²) in [5.74, 6) is -1.26. The Kier molecular flexibility index (Phi) is 3.20. The lowest BCUT2D eigenvalue weighted by Crippen LogP contribution is -2.19. The number of nitrogen functional groups attached to an aromatic ring is 1. The Morgan fingerprint density at radius 3 is 2.44 bits per heavy atom. The fourth-order valence-electron chi connectivity index (χ4n) is 1.22. The Morgan fingerprint density at radius 1 is 1.44 bits per heavy atom. The molecule has 88 valence electrons. The number of benzene rings is 1. The van der Waals surface area contributed by atoms with Crippen molar-refractivity contribution in [1.29, 1.82) is 0 Å². The van der Waals surface area contributed by atoms with Gasteiger partial charge >= 0.3 is 5.97 Å². The normalized spacial score (nSPS) is 11.4. The average Bonchev–Trinajstić information content (AvgIpc) is 2.21. The lowest BCUT2D eigenvalue weighted by atomic mass is 10.1. The second-order valence-electron chi connectivity index (χ2n) is 3.21. The molecule has 0 aliphatic carbocycles. The predicted octanol–water partition coefficient (Wildman–Crippen LogP) is 0.184. The van der Waals surface area contributed by atoms with Gasteiger partial charge in [-0.2, -0.15) is 0 Å². The van der Waals surface area contributed by atoms with Crippen molar-refractivity contribution >= 4 is 21.7 Å². The highest BCUT2D eigenvalue weighted by atomic mass is 32.2. The van der Waals surface area contributed by atoms with Crippen molar-refractivity contribution in [2.75, 3.05) is 12.8 Å². The molecule has 7 heteroatoms. The summed E-state index contributed by atoms with van der Waals surface area (Å²) in [6.45, 7) is 1.55. The first-order valence-electron chi connectivity index (χ1n) is 4.36. The van der Waals surface area contributed by atoms with Crippen molar-refractivity contribution < 1.29 is 18.3 Å². The van der Waals surface area contributed by atoms with E-state index in [-0.39, 0.29) is 16.1 Å². The van der Waals surface area contributed by atoms with E-state index >= 15 is 0 Å². The van der Waals surface area contributed by atoms with Gasteiger partial charge in [0.1, 0.15) is 0 Å². The number of carboxylic acids is 1. The van der Waals surface area contributed by atoms with Crippen LogP contribution in [-0.2, 0) is 10.0 Å². The molecular weight excluding hydrogens is 232 g/mol. The molecule has 0 atom stereocenters. The van der Waals surface area contributed by atoms with Gasteiger partial charge in [-0.25, -0.2) is 17.9 Å². The number of nitrogens with one attached hydrogen (secondary N) is 1. The lowest BCUT2D eigenvalue weighted by Gasteiger charge is -2.08. The van der Waals surface area contributed by atoms with Crippen LogP contribution in [0.1, 0.15) is 15.9 Å². The third-order valence-corrected chi connectivity index (χ3v) is 3.56. The summed E-state index contributed by atoms with van der Waals surface area (Å²) in [6, 6.07) is 2.37. The minimum atomic E-state index is -3.66. The quantitative estimate of drug-likeness (QED) is 0.657. The third kappa shape index (κ3) is 2.15. The standard InChI is InChI=1S/C9H12N2O4S/c1-5-3-6(16(14,15)11-2)4-7(8(5)10)9(12)13/h3-4,11H,10H2,1-2H3,(H,12,13). The Labute approximate surface area is 93.1 Å². The second-order valence-corrected chi connectivity index (χ2v) is 5.10. The Balaban J connectivity index is 3.53. The SMILES string of the molecule is CNS(=O)(=O)c1cc(C)c(N)c(C(=O)O)c1. The highest BCUT2D eigenvalue weighted by molar-refractivity contribution is 7.89. The molecule has 0 spiro atoms. The predicted molar refractivity (Wildman–Crippen MR) is 58.8 cm³/mol. The van der Waals surface area contributed by atoms with Crippen molar-refractivity contribution in [2.45, 2.75) is 11.8 Å². The van der Waals surface area contributed by atoms with Gasteiger partial charge in [-0.3, -0.25) is 0 Å². The molecule has 0 aliphatic rings. The number of rotatable bonds is 3. The van der Waals surface area contributed by atoms with Crippen LogP contribution in [0.2, 0.25) is 0 Å². The van der Waals surface area contributed by atoms with E-state index in [0.29, 0.717) is 5.56 Å². The van der Waals surface area contributed by atoms with Gasteiger partial charge in [0.05, 0.1) is 10.5 Å². The van der Waals surface area contributed by atoms with Crippen LogP contribution in [0.15, 0.2) is 17.0 Å². The number of anilines is 1. The highest BCUT2D eigenvalue weighted by Crippen LogP contribution is 2.22. The zero-order valence-corrected chi connectivity index (χ0v) is 9.63. The van der Waals surface area contributed by atoms with Crippen molar-refractivity contribution in [3.8, 4) is 0 Å². The Bertz CT molecular complexity index is 537. The van der Waals surface area contributed by atoms with Gasteiger partial charge in [0, 0.05) is 5.69 Å². The summed E-state index contributed by atoms with van der Waals surface area (Å²) in [7, 11) is -2.41. The van der Waals surface area contributed by atoms with Crippen LogP contribution in [0, 0.1) is 6.92 Å². The minimum absolute atomic E-state index is 0.0718. The number of aryl methyl sites for hydroxylation is 1. The molecule has 0 bridgehead atoms. The van der Waals surface area contributed by atoms with Gasteiger partial charge in [0.2, 0.25) is 10.0 Å². The number of nitrogens with two attached hydrogens (primary N) is 1. The average molecular weight is 244 g/mol. The van der Waals surface area contributed by atoms with E-state index in [0.717, 1.165) is 6.07 Å². The molecule has 0 aliphatic heterocycles. The fourth-order valence-corrected chi connectivity index (χ4v) is 2.06. The van der Waals surface area contributed by atoms with Gasteiger partial charge in [0.25, 0.3) is 0 Å². The van der Waals surface area contributed by atoms with Crippen molar-refractivity contribution in [3.05, 3.63) is 23.3 Å². The summed E-state index contributed by atoms with van der Waals surface area (Å²) in [4.78, 5) is 10.7. The Hall–Kier alpha value is -1.60. The van der Waals surface area contributed by atoms with Crippen molar-refractivity contribution in [2.24, 2.45) is 0 Å². The van der Waals surface area contributed by atoms with Crippen molar-refractivity contribution in [1.82, 2.24) is 4.72 Å². The summed E-state index contributed by atoms with van der Waals surface area (Å²) < 4.78 is 25.1. The fraction of sp³-hybridized carbons (Fsp3) is 0.222. The lowest BCUT2D eigenvalue weighted by molar-refractivity contribution is 0.0697. The van der Waals surface area contributed by atoms with Crippen LogP contribution >= 0.6 is 0 Å². The van der Waals surface area contributed by atoms with Crippen LogP contribution < -0.4 is 10.5 Å². The smallest absolute Gasteiger partial charge is 0.337 e. The van der Waals surface area contributed by atoms with Gasteiger partial charge in [-0.1, -0.05) is 0 Å². The van der Waals surface area contributed by atoms with E-state index in [4.69, 9.17) is 10.8 Å². The van der Waals surface area contributed by atoms with Gasteiger partial charge in [-0.05, 0) is 31.7 Å². The van der Waals surface area contributed by atoms with Crippen LogP contribution in [0.25, 0.3) is 0 Å². The number of aromatic carboxylic acids is 1. The first-order valence-corrected chi connectivity index (χ1v) is 5.85. The number of hydrogen-bond donors (Lipinski definition) is 3.